The first-order valence-corrected chi connectivity index (χ1v) is 43.6. The average molecular weight is 1180 g/mol. The van der Waals surface area contributed by atoms with Gasteiger partial charge in [-0.15, -0.1) is 24.8 Å². The van der Waals surface area contributed by atoms with Gasteiger partial charge in [-0.05, 0) is 0 Å². The van der Waals surface area contributed by atoms with Crippen LogP contribution in [0.25, 0.3) is 56.7 Å². The van der Waals surface area contributed by atoms with Crippen LogP contribution >= 0.6 is 24.8 Å². The number of unbranched alkanes of at least 4 members (excludes halogenated alkanes) is 8. The van der Waals surface area contributed by atoms with E-state index in [0.29, 0.717) is 7.25 Å². The predicted molar refractivity (Wildman–Crippen MR) is 352 cm³/mol. The molecule has 0 aliphatic heterocycles. The maximum absolute atomic E-state index is 4.37. The Morgan fingerprint density at radius 3 is 0.846 bits per heavy atom. The van der Waals surface area contributed by atoms with Gasteiger partial charge in [0.2, 0.25) is 0 Å². The maximum atomic E-state index is 2.93. The minimum atomic E-state index is -4.37. The molecule has 0 aromatic heterocycles. The summed E-state index contributed by atoms with van der Waals surface area (Å²) in [5.74, 6) is 0. The molecular formula is C74H100Cl2SiZr. The van der Waals surface area contributed by atoms with Gasteiger partial charge in [0.1, 0.15) is 0 Å². The van der Waals surface area contributed by atoms with E-state index >= 15 is 0 Å². The van der Waals surface area contributed by atoms with Crippen LogP contribution in [0, 0.1) is 0 Å². The molecule has 2 unspecified atom stereocenters. The molecule has 8 rings (SSSR count). The van der Waals surface area contributed by atoms with Crippen molar-refractivity contribution in [2.45, 2.75) is 212 Å². The number of hydrogen-bond acceptors (Lipinski definition) is 0. The molecule has 418 valence electrons. The summed E-state index contributed by atoms with van der Waals surface area (Å²) in [4.78, 5) is 0. The van der Waals surface area contributed by atoms with Crippen LogP contribution in [0.1, 0.15) is 226 Å². The van der Waals surface area contributed by atoms with Gasteiger partial charge >= 0.3 is 470 Å². The minimum Gasteiger partial charge on any atom is -0.147 e. The molecule has 2 aliphatic rings. The number of halogens is 2. The van der Waals surface area contributed by atoms with Gasteiger partial charge in [-0.25, -0.2) is 0 Å². The predicted octanol–water partition coefficient (Wildman–Crippen LogP) is 23.0. The number of hydrogen-bond donors (Lipinski definition) is 0. The van der Waals surface area contributed by atoms with Crippen molar-refractivity contribution in [2.75, 3.05) is 0 Å². The molecule has 78 heavy (non-hydrogen) atoms. The van der Waals surface area contributed by atoms with Crippen molar-refractivity contribution in [1.82, 2.24) is 0 Å². The van der Waals surface area contributed by atoms with Crippen molar-refractivity contribution < 1.29 is 17.4 Å². The van der Waals surface area contributed by atoms with Crippen molar-refractivity contribution in [3.8, 4) is 44.5 Å². The van der Waals surface area contributed by atoms with Crippen molar-refractivity contribution in [3.63, 3.8) is 0 Å². The molecule has 0 amide bonds. The van der Waals surface area contributed by atoms with E-state index in [0.717, 1.165) is 12.8 Å². The zero-order chi connectivity index (χ0) is 55.0. The summed E-state index contributed by atoms with van der Waals surface area (Å²) < 4.78 is 6.61. The van der Waals surface area contributed by atoms with Gasteiger partial charge in [-0.2, -0.15) is 0 Å². The monoisotopic (exact) mass is 1180 g/mol. The number of benzene rings is 6. The van der Waals surface area contributed by atoms with Crippen LogP contribution in [0.3, 0.4) is 0 Å². The zero-order valence-corrected chi connectivity index (χ0v) is 56.9. The fourth-order valence-corrected chi connectivity index (χ4v) is 33.0. The van der Waals surface area contributed by atoms with E-state index in [9.17, 15) is 0 Å². The summed E-state index contributed by atoms with van der Waals surface area (Å²) in [5, 5.41) is 0. The van der Waals surface area contributed by atoms with Crippen molar-refractivity contribution >= 4 is 43.8 Å². The quantitative estimate of drug-likeness (QED) is 0.0594. The van der Waals surface area contributed by atoms with Crippen LogP contribution in [0.2, 0.25) is 9.26 Å². The molecule has 6 aromatic carbocycles. The molecule has 0 N–H and O–H groups in total. The molecule has 0 fully saturated rings. The van der Waals surface area contributed by atoms with Gasteiger partial charge < -0.3 is 0 Å². The maximum Gasteiger partial charge on any atom is -0.147 e. The largest absolute Gasteiger partial charge is 0.147 e. The molecule has 0 saturated heterocycles. The summed E-state index contributed by atoms with van der Waals surface area (Å²) in [6, 6.07) is 48.9. The van der Waals surface area contributed by atoms with Crippen LogP contribution in [-0.4, -0.2) is 6.88 Å². The molecule has 0 spiro atoms. The molecule has 6 aromatic rings. The third-order valence-corrected chi connectivity index (χ3v) is 35.2. The Morgan fingerprint density at radius 2 is 0.590 bits per heavy atom. The third kappa shape index (κ3) is 13.7. The molecule has 2 aliphatic carbocycles. The van der Waals surface area contributed by atoms with E-state index in [2.05, 4.69) is 247 Å². The number of rotatable bonds is 18. The summed E-state index contributed by atoms with van der Waals surface area (Å²) in [6.07, 6.45) is 20.8. The van der Waals surface area contributed by atoms with Crippen LogP contribution in [0.5, 0.6) is 0 Å². The Hall–Kier alpha value is -3.52. The first-order valence-electron chi connectivity index (χ1n) is 30.0. The van der Waals surface area contributed by atoms with E-state index in [1.807, 2.05) is 0 Å². The average Bonchev–Trinajstić information content (AvgIpc) is 4.16. The van der Waals surface area contributed by atoms with Gasteiger partial charge in [-0.3, -0.25) is 0 Å². The molecule has 2 atom stereocenters. The Bertz CT molecular complexity index is 2920. The SMILES string of the molecule is CCCCCCCC1=Cc2c(-c3ccc(C(C)(C)C)cc3)ccc(-c3ccc(C(C)(C)C)cc3)c2[CH]1[Zr]([CH3])([CH3])(=[SiH2])[CH]1C(CCCCCCC)=Cc2c(-c3ccc(C(C)(C)C)cc3)ccc(-c3ccc(C(C)(C)C)cc3)c21.Cl.Cl. The van der Waals surface area contributed by atoms with Crippen molar-refractivity contribution in [1.29, 1.82) is 0 Å². The number of fused-ring (bicyclic) bond motifs is 2. The first-order chi connectivity index (χ1) is 35.7. The number of allylic oxidation sites excluding steroid dienone is 2. The summed E-state index contributed by atoms with van der Waals surface area (Å²) in [7, 11) is 0. The second-order valence-corrected chi connectivity index (χ2v) is 59.3. The van der Waals surface area contributed by atoms with Gasteiger partial charge in [0.15, 0.2) is 0 Å². The van der Waals surface area contributed by atoms with E-state index in [4.69, 9.17) is 0 Å². The van der Waals surface area contributed by atoms with Gasteiger partial charge in [-0.1, -0.05) is 0 Å². The summed E-state index contributed by atoms with van der Waals surface area (Å²) in [5.41, 5.74) is 26.6. The van der Waals surface area contributed by atoms with Gasteiger partial charge in [0.05, 0.1) is 0 Å². The minimum absolute atomic E-state index is 0. The van der Waals surface area contributed by atoms with Crippen LogP contribution in [0.15, 0.2) is 132 Å². The zero-order valence-electron chi connectivity index (χ0n) is 51.4. The second kappa shape index (κ2) is 24.9. The van der Waals surface area contributed by atoms with Crippen LogP contribution < -0.4 is 0 Å². The van der Waals surface area contributed by atoms with Gasteiger partial charge in [0.25, 0.3) is 0 Å². The third-order valence-electron chi connectivity index (χ3n) is 17.8. The molecule has 0 bridgehead atoms. The normalized spacial score (nSPS) is 15.8. The Morgan fingerprint density at radius 1 is 0.346 bits per heavy atom. The fraction of sp³-hybridized carbons (Fsp3) is 0.459. The molecular weight excluding hydrogens is 1080 g/mol. The smallest absolute Gasteiger partial charge is 0.147 e. The Labute approximate surface area is 490 Å². The topological polar surface area (TPSA) is 0 Å². The van der Waals surface area contributed by atoms with E-state index in [-0.39, 0.29) is 46.5 Å². The Kier molecular flexibility index (Phi) is 20.3. The van der Waals surface area contributed by atoms with E-state index in [1.54, 1.807) is 22.3 Å². The van der Waals surface area contributed by atoms with Crippen LogP contribution in [-0.2, 0) is 39.1 Å². The van der Waals surface area contributed by atoms with Crippen LogP contribution in [0.4, 0.5) is 0 Å². The molecule has 0 heterocycles. The summed E-state index contributed by atoms with van der Waals surface area (Å²) >= 11 is -4.37. The molecule has 0 radical (unpaired) electrons. The molecule has 4 heteroatoms. The fourth-order valence-electron chi connectivity index (χ4n) is 13.4. The summed E-state index contributed by atoms with van der Waals surface area (Å²) in [6.45, 7) is 35.4. The Balaban J connectivity index is 0.00000492. The van der Waals surface area contributed by atoms with Crippen molar-refractivity contribution in [2.24, 2.45) is 0 Å². The van der Waals surface area contributed by atoms with Gasteiger partial charge in [0, 0.05) is 0 Å². The first kappa shape index (κ1) is 63.7. The van der Waals surface area contributed by atoms with E-state index < -0.39 is 17.4 Å². The molecule has 0 saturated carbocycles. The second-order valence-electron chi connectivity index (χ2n) is 28.9. The standard InChI is InChI=1S/2C36H45.2CH3.2ClH.H2Si.Zr/c2*1-8-9-10-11-12-13-26-24-33-31(27-14-18-29(19-15-27)35(2,3)4)22-23-32(34(33)25-26)28-16-20-30(21-17-28)36(5,6)7;;;;;;/h2*14-25H,8-13H2,1-7H3;2*1H3;2*1H;1H2;. The van der Waals surface area contributed by atoms with E-state index in [1.165, 1.54) is 142 Å². The van der Waals surface area contributed by atoms with Crippen molar-refractivity contribution in [3.05, 3.63) is 177 Å². The molecule has 0 nitrogen and oxygen atoms in total.